The second kappa shape index (κ2) is 7.38. The van der Waals surface area contributed by atoms with E-state index in [1.807, 2.05) is 30.3 Å². The number of likely N-dealkylation sites (tertiary alicyclic amines) is 1. The van der Waals surface area contributed by atoms with Crippen molar-refractivity contribution in [1.29, 1.82) is 0 Å². The molecule has 1 aromatic heterocycles. The average Bonchev–Trinajstić information content (AvgIpc) is 3.05. The third-order valence-electron chi connectivity index (χ3n) is 4.55. The van der Waals surface area contributed by atoms with Crippen LogP contribution in [0.5, 0.6) is 5.75 Å². The fraction of sp³-hybridized carbons (Fsp3) is 0.444. The Labute approximate surface area is 142 Å². The number of piperidine rings is 1. The van der Waals surface area contributed by atoms with Crippen LogP contribution in [0, 0.1) is 0 Å². The maximum Gasteiger partial charge on any atom is 0.317 e. The highest BCUT2D eigenvalue weighted by molar-refractivity contribution is 5.74. The number of carbonyl (C=O) groups excluding carboxylic acids is 1. The Morgan fingerprint density at radius 3 is 2.83 bits per heavy atom. The Kier molecular flexibility index (Phi) is 5.03. The molecule has 0 aliphatic carbocycles. The average molecular weight is 328 g/mol. The van der Waals surface area contributed by atoms with Gasteiger partial charge in [0.1, 0.15) is 5.75 Å². The zero-order valence-electron chi connectivity index (χ0n) is 14.2. The molecular formula is C18H24N4O2. The number of urea groups is 1. The number of nitrogens with one attached hydrogen (secondary N) is 1. The first-order chi connectivity index (χ1) is 11.7. The quantitative estimate of drug-likeness (QED) is 0.938. The zero-order chi connectivity index (χ0) is 16.9. The van der Waals surface area contributed by atoms with E-state index in [1.54, 1.807) is 18.0 Å². The molecule has 6 heteroatoms. The Morgan fingerprint density at radius 1 is 1.38 bits per heavy atom. The van der Waals surface area contributed by atoms with Crippen molar-refractivity contribution in [1.82, 2.24) is 20.0 Å². The van der Waals surface area contributed by atoms with Crippen LogP contribution in [-0.2, 0) is 13.6 Å². The van der Waals surface area contributed by atoms with Crippen LogP contribution in [0.1, 0.15) is 29.9 Å². The molecule has 1 N–H and O–H groups in total. The monoisotopic (exact) mass is 328 g/mol. The number of methoxy groups -OCH3 is 1. The summed E-state index contributed by atoms with van der Waals surface area (Å²) in [5.41, 5.74) is 2.31. The molecule has 0 atom stereocenters. The van der Waals surface area contributed by atoms with Gasteiger partial charge < -0.3 is 15.0 Å². The van der Waals surface area contributed by atoms with Gasteiger partial charge in [0.2, 0.25) is 0 Å². The molecule has 1 aliphatic heterocycles. The first-order valence-corrected chi connectivity index (χ1v) is 8.30. The minimum Gasteiger partial charge on any atom is -0.497 e. The zero-order valence-corrected chi connectivity index (χ0v) is 14.2. The largest absolute Gasteiger partial charge is 0.497 e. The Bertz CT molecular complexity index is 690. The maximum absolute atomic E-state index is 12.3. The number of carbonyl (C=O) groups is 1. The Morgan fingerprint density at radius 2 is 2.17 bits per heavy atom. The van der Waals surface area contributed by atoms with Crippen molar-refractivity contribution in [3.63, 3.8) is 0 Å². The number of amides is 2. The topological polar surface area (TPSA) is 59.4 Å². The molecular weight excluding hydrogens is 304 g/mol. The number of aryl methyl sites for hydroxylation is 1. The number of ether oxygens (including phenoxy) is 1. The molecule has 0 saturated carbocycles. The van der Waals surface area contributed by atoms with E-state index in [9.17, 15) is 4.79 Å². The van der Waals surface area contributed by atoms with Gasteiger partial charge in [0.05, 0.1) is 13.3 Å². The molecule has 0 unspecified atom stereocenters. The van der Waals surface area contributed by atoms with E-state index in [1.165, 1.54) is 5.56 Å². The van der Waals surface area contributed by atoms with Crippen molar-refractivity contribution in [2.75, 3.05) is 20.2 Å². The number of aromatic nitrogens is 2. The third kappa shape index (κ3) is 3.88. The molecule has 0 radical (unpaired) electrons. The van der Waals surface area contributed by atoms with Crippen molar-refractivity contribution in [2.45, 2.75) is 25.3 Å². The van der Waals surface area contributed by atoms with Gasteiger partial charge in [-0.3, -0.25) is 4.68 Å². The van der Waals surface area contributed by atoms with Gasteiger partial charge in [-0.2, -0.15) is 5.10 Å². The van der Waals surface area contributed by atoms with Gasteiger partial charge >= 0.3 is 6.03 Å². The summed E-state index contributed by atoms with van der Waals surface area (Å²) in [6.45, 7) is 2.07. The summed E-state index contributed by atoms with van der Waals surface area (Å²) in [4.78, 5) is 14.2. The second-order valence-corrected chi connectivity index (χ2v) is 6.22. The van der Waals surface area contributed by atoms with Crippen LogP contribution in [0.2, 0.25) is 0 Å². The lowest BCUT2D eigenvalue weighted by Gasteiger charge is -2.32. The summed E-state index contributed by atoms with van der Waals surface area (Å²) >= 11 is 0. The van der Waals surface area contributed by atoms with Crippen LogP contribution in [0.25, 0.3) is 0 Å². The van der Waals surface area contributed by atoms with E-state index in [-0.39, 0.29) is 6.03 Å². The minimum atomic E-state index is 0.00273. The molecule has 1 saturated heterocycles. The molecule has 2 amide bonds. The van der Waals surface area contributed by atoms with Gasteiger partial charge in [-0.15, -0.1) is 0 Å². The van der Waals surface area contributed by atoms with Crippen LogP contribution in [-0.4, -0.2) is 40.9 Å². The van der Waals surface area contributed by atoms with Crippen molar-refractivity contribution in [3.05, 3.63) is 47.8 Å². The van der Waals surface area contributed by atoms with Gasteiger partial charge in [-0.05, 0) is 36.5 Å². The fourth-order valence-corrected chi connectivity index (χ4v) is 3.16. The van der Waals surface area contributed by atoms with Crippen molar-refractivity contribution >= 4 is 6.03 Å². The predicted molar refractivity (Wildman–Crippen MR) is 92.0 cm³/mol. The van der Waals surface area contributed by atoms with Gasteiger partial charge in [0, 0.05) is 38.4 Å². The number of benzene rings is 1. The van der Waals surface area contributed by atoms with Crippen molar-refractivity contribution in [2.24, 2.45) is 7.05 Å². The van der Waals surface area contributed by atoms with Crippen molar-refractivity contribution < 1.29 is 9.53 Å². The number of rotatable bonds is 4. The molecule has 3 rings (SSSR count). The molecule has 24 heavy (non-hydrogen) atoms. The Hall–Kier alpha value is -2.50. The van der Waals surface area contributed by atoms with Crippen LogP contribution in [0.15, 0.2) is 36.7 Å². The second-order valence-electron chi connectivity index (χ2n) is 6.22. The standard InChI is InChI=1S/C18H24N4O2/c1-21-13-14(12-20-21)11-19-18(23)22-8-6-15(7-9-22)16-4-3-5-17(10-16)24-2/h3-5,10,12-13,15H,6-9,11H2,1-2H3,(H,19,23). The smallest absolute Gasteiger partial charge is 0.317 e. The molecule has 0 spiro atoms. The SMILES string of the molecule is COc1cccc(C2CCN(C(=O)NCc3cnn(C)c3)CC2)c1. The van der Waals surface area contributed by atoms with Gasteiger partial charge in [0.25, 0.3) is 0 Å². The lowest BCUT2D eigenvalue weighted by atomic mass is 9.89. The summed E-state index contributed by atoms with van der Waals surface area (Å²) in [5, 5.41) is 7.07. The third-order valence-corrected chi connectivity index (χ3v) is 4.55. The highest BCUT2D eigenvalue weighted by Crippen LogP contribution is 2.30. The first-order valence-electron chi connectivity index (χ1n) is 8.30. The molecule has 128 valence electrons. The molecule has 1 aliphatic rings. The van der Waals surface area contributed by atoms with E-state index in [0.717, 1.165) is 37.2 Å². The summed E-state index contributed by atoms with van der Waals surface area (Å²) in [6.07, 6.45) is 5.64. The molecule has 0 bridgehead atoms. The molecule has 6 nitrogen and oxygen atoms in total. The predicted octanol–water partition coefficient (Wildman–Crippen LogP) is 2.52. The number of hydrogen-bond acceptors (Lipinski definition) is 3. The van der Waals surface area contributed by atoms with Crippen LogP contribution in [0.4, 0.5) is 4.79 Å². The lowest BCUT2D eigenvalue weighted by Crippen LogP contribution is -2.43. The first kappa shape index (κ1) is 16.4. The van der Waals surface area contributed by atoms with E-state index in [4.69, 9.17) is 4.74 Å². The normalized spacial score (nSPS) is 15.3. The summed E-state index contributed by atoms with van der Waals surface area (Å²) in [5.74, 6) is 1.38. The maximum atomic E-state index is 12.3. The van der Waals surface area contributed by atoms with E-state index < -0.39 is 0 Å². The Balaban J connectivity index is 1.49. The number of nitrogens with zero attached hydrogens (tertiary/aromatic N) is 3. The number of hydrogen-bond donors (Lipinski definition) is 1. The van der Waals surface area contributed by atoms with Crippen LogP contribution >= 0.6 is 0 Å². The summed E-state index contributed by atoms with van der Waals surface area (Å²) < 4.78 is 7.04. The van der Waals surface area contributed by atoms with E-state index in [0.29, 0.717) is 12.5 Å². The van der Waals surface area contributed by atoms with Gasteiger partial charge in [-0.25, -0.2) is 4.79 Å². The summed E-state index contributed by atoms with van der Waals surface area (Å²) in [7, 11) is 3.56. The highest BCUT2D eigenvalue weighted by Gasteiger charge is 2.23. The minimum absolute atomic E-state index is 0.00273. The van der Waals surface area contributed by atoms with Crippen LogP contribution in [0.3, 0.4) is 0 Å². The molecule has 1 aromatic carbocycles. The van der Waals surface area contributed by atoms with Crippen molar-refractivity contribution in [3.8, 4) is 5.75 Å². The molecule has 2 aromatic rings. The van der Waals surface area contributed by atoms with Gasteiger partial charge in [-0.1, -0.05) is 12.1 Å². The molecule has 2 heterocycles. The highest BCUT2D eigenvalue weighted by atomic mass is 16.5. The van der Waals surface area contributed by atoms with Gasteiger partial charge in [0.15, 0.2) is 0 Å². The fourth-order valence-electron chi connectivity index (χ4n) is 3.16. The van der Waals surface area contributed by atoms with E-state index in [2.05, 4.69) is 22.5 Å². The lowest BCUT2D eigenvalue weighted by molar-refractivity contribution is 0.181. The molecule has 1 fully saturated rings. The summed E-state index contributed by atoms with van der Waals surface area (Å²) in [6, 6.07) is 8.24. The van der Waals surface area contributed by atoms with Crippen LogP contribution < -0.4 is 10.1 Å². The van der Waals surface area contributed by atoms with E-state index >= 15 is 0 Å².